The van der Waals surface area contributed by atoms with Crippen molar-refractivity contribution in [2.45, 2.75) is 40.0 Å². The van der Waals surface area contributed by atoms with Crippen LogP contribution in [0.5, 0.6) is 0 Å². The molecule has 0 aromatic rings. The molecular formula is C11H20F3NO. The summed E-state index contributed by atoms with van der Waals surface area (Å²) in [4.78, 5) is 0. The number of aliphatic hydroxyl groups excluding tert-OH is 1. The topological polar surface area (TPSA) is 32.3 Å². The van der Waals surface area contributed by atoms with Crippen LogP contribution in [0, 0.1) is 16.7 Å². The molecule has 0 bridgehead atoms. The third-order valence-corrected chi connectivity index (χ3v) is 4.38. The molecule has 1 unspecified atom stereocenters. The van der Waals surface area contributed by atoms with Gasteiger partial charge in [-0.05, 0) is 23.3 Å². The van der Waals surface area contributed by atoms with Crippen molar-refractivity contribution >= 4 is 0 Å². The molecule has 1 saturated carbocycles. The fraction of sp³-hybridized carbons (Fsp3) is 1.00. The number of halogens is 3. The first-order chi connectivity index (χ1) is 7.01. The van der Waals surface area contributed by atoms with Gasteiger partial charge in [-0.2, -0.15) is 13.2 Å². The Bertz CT molecular complexity index is 246. The zero-order chi connectivity index (χ0) is 12.8. The first-order valence-corrected chi connectivity index (χ1v) is 5.46. The van der Waals surface area contributed by atoms with Crippen LogP contribution in [0.2, 0.25) is 0 Å². The molecule has 0 radical (unpaired) electrons. The number of alkyl halides is 3. The summed E-state index contributed by atoms with van der Waals surface area (Å²) in [5.74, 6) is 0.362. The Kier molecular flexibility index (Phi) is 3.34. The van der Waals surface area contributed by atoms with Crippen LogP contribution in [0.4, 0.5) is 13.2 Å². The van der Waals surface area contributed by atoms with Gasteiger partial charge in [0.15, 0.2) is 6.10 Å². The maximum Gasteiger partial charge on any atom is 0.415 e. The van der Waals surface area contributed by atoms with Gasteiger partial charge in [-0.25, -0.2) is 0 Å². The molecule has 0 aliphatic heterocycles. The lowest BCUT2D eigenvalue weighted by Gasteiger charge is -2.15. The summed E-state index contributed by atoms with van der Waals surface area (Å²) in [6.07, 6.45) is -6.79. The molecule has 1 aliphatic carbocycles. The second-order valence-corrected chi connectivity index (χ2v) is 5.71. The predicted molar refractivity (Wildman–Crippen MR) is 56.0 cm³/mol. The molecule has 0 amide bonds. The molecule has 0 spiro atoms. The van der Waals surface area contributed by atoms with Crippen LogP contribution in [0.25, 0.3) is 0 Å². The molecule has 16 heavy (non-hydrogen) atoms. The summed E-state index contributed by atoms with van der Waals surface area (Å²) in [5.41, 5.74) is 0.312. The lowest BCUT2D eigenvalue weighted by atomic mass is 10.0. The van der Waals surface area contributed by atoms with E-state index in [9.17, 15) is 13.2 Å². The average molecular weight is 239 g/mol. The van der Waals surface area contributed by atoms with Crippen LogP contribution in [-0.4, -0.2) is 30.5 Å². The van der Waals surface area contributed by atoms with Gasteiger partial charge in [-0.1, -0.05) is 27.7 Å². The van der Waals surface area contributed by atoms with Crippen molar-refractivity contribution < 1.29 is 18.3 Å². The SMILES string of the molecule is CC1(C)C(CNCC(O)C(F)(F)F)C1(C)C. The first-order valence-electron chi connectivity index (χ1n) is 5.46. The summed E-state index contributed by atoms with van der Waals surface area (Å²) in [6.45, 7) is 8.54. The molecule has 0 aromatic heterocycles. The molecule has 5 heteroatoms. The molecule has 2 nitrogen and oxygen atoms in total. The molecule has 1 fully saturated rings. The Morgan fingerprint density at radius 3 is 1.94 bits per heavy atom. The summed E-state index contributed by atoms with van der Waals surface area (Å²) < 4.78 is 36.0. The van der Waals surface area contributed by atoms with Crippen molar-refractivity contribution in [3.05, 3.63) is 0 Å². The van der Waals surface area contributed by atoms with E-state index in [0.29, 0.717) is 12.5 Å². The zero-order valence-electron chi connectivity index (χ0n) is 10.2. The second kappa shape index (κ2) is 3.88. The molecule has 0 heterocycles. The molecule has 1 rings (SSSR count). The van der Waals surface area contributed by atoms with Gasteiger partial charge in [0.1, 0.15) is 0 Å². The highest BCUT2D eigenvalue weighted by Crippen LogP contribution is 2.67. The molecule has 96 valence electrons. The minimum atomic E-state index is -4.53. The highest BCUT2D eigenvalue weighted by atomic mass is 19.4. The van der Waals surface area contributed by atoms with E-state index in [0.717, 1.165) is 0 Å². The van der Waals surface area contributed by atoms with Crippen LogP contribution in [0.1, 0.15) is 27.7 Å². The lowest BCUT2D eigenvalue weighted by molar-refractivity contribution is -0.201. The molecular weight excluding hydrogens is 219 g/mol. The highest BCUT2D eigenvalue weighted by Gasteiger charge is 2.63. The van der Waals surface area contributed by atoms with E-state index in [1.54, 1.807) is 0 Å². The number of aliphatic hydroxyl groups is 1. The summed E-state index contributed by atoms with van der Waals surface area (Å²) in [6, 6.07) is 0. The van der Waals surface area contributed by atoms with Gasteiger partial charge in [0.25, 0.3) is 0 Å². The van der Waals surface area contributed by atoms with E-state index in [-0.39, 0.29) is 10.8 Å². The Hall–Kier alpha value is -0.290. The predicted octanol–water partition coefficient (Wildman–Crippen LogP) is 2.18. The molecule has 1 aliphatic rings. The van der Waals surface area contributed by atoms with Crippen molar-refractivity contribution in [2.24, 2.45) is 16.7 Å². The van der Waals surface area contributed by atoms with Gasteiger partial charge in [0.05, 0.1) is 0 Å². The Morgan fingerprint density at radius 1 is 1.19 bits per heavy atom. The van der Waals surface area contributed by atoms with Crippen molar-refractivity contribution in [2.75, 3.05) is 13.1 Å². The summed E-state index contributed by atoms with van der Waals surface area (Å²) >= 11 is 0. The normalized spacial score (nSPS) is 25.5. The van der Waals surface area contributed by atoms with Gasteiger partial charge in [-0.15, -0.1) is 0 Å². The number of hydrogen-bond donors (Lipinski definition) is 2. The average Bonchev–Trinajstić information content (AvgIpc) is 2.45. The largest absolute Gasteiger partial charge is 0.415 e. The maximum absolute atomic E-state index is 12.0. The fourth-order valence-electron chi connectivity index (χ4n) is 2.32. The highest BCUT2D eigenvalue weighted by molar-refractivity contribution is 5.12. The smallest absolute Gasteiger partial charge is 0.382 e. The minimum absolute atomic E-state index is 0.156. The number of rotatable bonds is 4. The van der Waals surface area contributed by atoms with Gasteiger partial charge >= 0.3 is 6.18 Å². The minimum Gasteiger partial charge on any atom is -0.382 e. The Morgan fingerprint density at radius 2 is 1.62 bits per heavy atom. The second-order valence-electron chi connectivity index (χ2n) is 5.71. The van der Waals surface area contributed by atoms with Crippen LogP contribution in [-0.2, 0) is 0 Å². The van der Waals surface area contributed by atoms with Crippen molar-refractivity contribution in [1.29, 1.82) is 0 Å². The third kappa shape index (κ3) is 2.35. The first kappa shape index (κ1) is 13.8. The van der Waals surface area contributed by atoms with E-state index in [1.165, 1.54) is 0 Å². The number of nitrogens with one attached hydrogen (secondary N) is 1. The van der Waals surface area contributed by atoms with Crippen molar-refractivity contribution in [3.63, 3.8) is 0 Å². The quantitative estimate of drug-likeness (QED) is 0.788. The zero-order valence-corrected chi connectivity index (χ0v) is 10.2. The maximum atomic E-state index is 12.0. The van der Waals surface area contributed by atoms with Crippen LogP contribution in [0.15, 0.2) is 0 Å². The lowest BCUT2D eigenvalue weighted by Crippen LogP contribution is -2.39. The van der Waals surface area contributed by atoms with Crippen LogP contribution in [0.3, 0.4) is 0 Å². The molecule has 1 atom stereocenters. The van der Waals surface area contributed by atoms with E-state index in [2.05, 4.69) is 33.0 Å². The summed E-state index contributed by atoms with van der Waals surface area (Å²) in [5, 5.41) is 11.5. The summed E-state index contributed by atoms with van der Waals surface area (Å²) in [7, 11) is 0. The van der Waals surface area contributed by atoms with Gasteiger partial charge in [-0.3, -0.25) is 0 Å². The van der Waals surface area contributed by atoms with Crippen LogP contribution >= 0.6 is 0 Å². The molecule has 0 saturated heterocycles. The van der Waals surface area contributed by atoms with Crippen LogP contribution < -0.4 is 5.32 Å². The monoisotopic (exact) mass is 239 g/mol. The standard InChI is InChI=1S/C11H20F3NO/c1-9(2)7(10(9,3)4)5-15-6-8(16)11(12,13)14/h7-8,15-16H,5-6H2,1-4H3. The molecule has 0 aromatic carbocycles. The van der Waals surface area contributed by atoms with Gasteiger partial charge in [0, 0.05) is 6.54 Å². The van der Waals surface area contributed by atoms with Gasteiger partial charge < -0.3 is 10.4 Å². The van der Waals surface area contributed by atoms with Gasteiger partial charge in [0.2, 0.25) is 0 Å². The Labute approximate surface area is 94.2 Å². The Balaban J connectivity index is 2.29. The number of hydrogen-bond acceptors (Lipinski definition) is 2. The van der Waals surface area contributed by atoms with E-state index in [4.69, 9.17) is 5.11 Å². The van der Waals surface area contributed by atoms with E-state index >= 15 is 0 Å². The third-order valence-electron chi connectivity index (χ3n) is 4.38. The fourth-order valence-corrected chi connectivity index (χ4v) is 2.32. The van der Waals surface area contributed by atoms with Crippen molar-refractivity contribution in [3.8, 4) is 0 Å². The van der Waals surface area contributed by atoms with E-state index < -0.39 is 18.8 Å². The molecule has 2 N–H and O–H groups in total. The van der Waals surface area contributed by atoms with Crippen molar-refractivity contribution in [1.82, 2.24) is 5.32 Å². The van der Waals surface area contributed by atoms with E-state index in [1.807, 2.05) is 0 Å².